The lowest BCUT2D eigenvalue weighted by atomic mass is 9.97. The Bertz CT molecular complexity index is 164. The van der Waals surface area contributed by atoms with E-state index in [2.05, 4.69) is 13.8 Å². The standard InChI is InChI=1S/C9H19NO2S/c1-4-13-7(3)6(2)8(10)5-9(11)12/h6-8H,4-5,10H2,1-3H3,(H,11,12)/t6-,7+,8+/m0/s1. The van der Waals surface area contributed by atoms with Crippen molar-refractivity contribution in [1.82, 2.24) is 0 Å². The minimum atomic E-state index is -0.812. The van der Waals surface area contributed by atoms with Gasteiger partial charge < -0.3 is 10.8 Å². The van der Waals surface area contributed by atoms with E-state index in [1.54, 1.807) is 0 Å². The smallest absolute Gasteiger partial charge is 0.304 e. The zero-order valence-electron chi connectivity index (χ0n) is 8.49. The number of rotatable bonds is 6. The lowest BCUT2D eigenvalue weighted by molar-refractivity contribution is -0.137. The molecule has 78 valence electrons. The molecule has 3 atom stereocenters. The summed E-state index contributed by atoms with van der Waals surface area (Å²) in [6.45, 7) is 6.21. The van der Waals surface area contributed by atoms with E-state index in [4.69, 9.17) is 10.8 Å². The van der Waals surface area contributed by atoms with Crippen molar-refractivity contribution >= 4 is 17.7 Å². The molecule has 0 saturated heterocycles. The Kier molecular flexibility index (Phi) is 6.16. The van der Waals surface area contributed by atoms with Gasteiger partial charge in [-0.15, -0.1) is 0 Å². The maximum Gasteiger partial charge on any atom is 0.304 e. The first-order valence-corrected chi connectivity index (χ1v) is 5.62. The Labute approximate surface area is 84.1 Å². The van der Waals surface area contributed by atoms with Crippen LogP contribution in [0.3, 0.4) is 0 Å². The predicted molar refractivity (Wildman–Crippen MR) is 57.0 cm³/mol. The SMILES string of the molecule is CCS[C@H](C)[C@H](C)[C@H](N)CC(=O)O. The summed E-state index contributed by atoms with van der Waals surface area (Å²) in [5, 5.41) is 8.99. The molecule has 0 aliphatic carbocycles. The number of hydrogen-bond acceptors (Lipinski definition) is 3. The van der Waals surface area contributed by atoms with E-state index in [1.165, 1.54) is 0 Å². The molecule has 0 amide bonds. The average Bonchev–Trinajstić information content (AvgIpc) is 2.02. The molecular weight excluding hydrogens is 186 g/mol. The molecule has 3 N–H and O–H groups in total. The van der Waals surface area contributed by atoms with Crippen LogP contribution >= 0.6 is 11.8 Å². The van der Waals surface area contributed by atoms with E-state index >= 15 is 0 Å². The van der Waals surface area contributed by atoms with Gasteiger partial charge >= 0.3 is 5.97 Å². The summed E-state index contributed by atoms with van der Waals surface area (Å²) in [6, 6.07) is -0.230. The Morgan fingerprint density at radius 2 is 2.08 bits per heavy atom. The Morgan fingerprint density at radius 3 is 2.46 bits per heavy atom. The van der Waals surface area contributed by atoms with Crippen molar-refractivity contribution in [3.8, 4) is 0 Å². The summed E-state index contributed by atoms with van der Waals surface area (Å²) in [5.74, 6) is 0.486. The van der Waals surface area contributed by atoms with Crippen LogP contribution in [-0.2, 0) is 4.79 Å². The molecule has 0 aliphatic rings. The van der Waals surface area contributed by atoms with E-state index in [1.807, 2.05) is 18.7 Å². The highest BCUT2D eigenvalue weighted by Crippen LogP contribution is 2.21. The van der Waals surface area contributed by atoms with Gasteiger partial charge in [0.05, 0.1) is 6.42 Å². The van der Waals surface area contributed by atoms with Crippen molar-refractivity contribution in [2.75, 3.05) is 5.75 Å². The van der Waals surface area contributed by atoms with Gasteiger partial charge in [-0.1, -0.05) is 20.8 Å². The minimum Gasteiger partial charge on any atom is -0.481 e. The first kappa shape index (κ1) is 12.8. The lowest BCUT2D eigenvalue weighted by Gasteiger charge is -2.24. The molecule has 0 spiro atoms. The van der Waals surface area contributed by atoms with E-state index in [9.17, 15) is 4.79 Å². The van der Waals surface area contributed by atoms with E-state index in [0.29, 0.717) is 5.25 Å². The van der Waals surface area contributed by atoms with Gasteiger partial charge in [0.2, 0.25) is 0 Å². The Hall–Kier alpha value is -0.220. The minimum absolute atomic E-state index is 0.0653. The summed E-state index contributed by atoms with van der Waals surface area (Å²) < 4.78 is 0. The molecule has 0 heterocycles. The van der Waals surface area contributed by atoms with E-state index in [0.717, 1.165) is 5.75 Å². The Balaban J connectivity index is 3.92. The second-order valence-corrected chi connectivity index (χ2v) is 4.94. The third-order valence-electron chi connectivity index (χ3n) is 2.26. The molecule has 0 rings (SSSR count). The monoisotopic (exact) mass is 205 g/mol. The van der Waals surface area contributed by atoms with Gasteiger partial charge in [0, 0.05) is 11.3 Å². The first-order valence-electron chi connectivity index (χ1n) is 4.58. The highest BCUT2D eigenvalue weighted by molar-refractivity contribution is 7.99. The summed E-state index contributed by atoms with van der Waals surface area (Å²) in [4.78, 5) is 10.4. The highest BCUT2D eigenvalue weighted by atomic mass is 32.2. The molecule has 0 bridgehead atoms. The largest absolute Gasteiger partial charge is 0.481 e. The average molecular weight is 205 g/mol. The van der Waals surface area contributed by atoms with Crippen molar-refractivity contribution in [3.63, 3.8) is 0 Å². The maximum atomic E-state index is 10.4. The number of carboxylic acid groups (broad SMARTS) is 1. The molecule has 4 heteroatoms. The van der Waals surface area contributed by atoms with Crippen molar-refractivity contribution in [2.24, 2.45) is 11.7 Å². The van der Waals surface area contributed by atoms with Crippen LogP contribution in [0.4, 0.5) is 0 Å². The van der Waals surface area contributed by atoms with Gasteiger partial charge in [-0.05, 0) is 11.7 Å². The molecule has 0 aromatic rings. The molecule has 0 aromatic carbocycles. The fourth-order valence-corrected chi connectivity index (χ4v) is 2.18. The van der Waals surface area contributed by atoms with E-state index < -0.39 is 5.97 Å². The van der Waals surface area contributed by atoms with Gasteiger partial charge in [0.25, 0.3) is 0 Å². The van der Waals surface area contributed by atoms with Crippen molar-refractivity contribution in [3.05, 3.63) is 0 Å². The summed E-state index contributed by atoms with van der Waals surface area (Å²) in [7, 11) is 0. The van der Waals surface area contributed by atoms with Gasteiger partial charge in [0.1, 0.15) is 0 Å². The Morgan fingerprint density at radius 1 is 1.54 bits per heavy atom. The van der Waals surface area contributed by atoms with Crippen molar-refractivity contribution in [1.29, 1.82) is 0 Å². The molecule has 0 radical (unpaired) electrons. The van der Waals surface area contributed by atoms with Crippen LogP contribution in [-0.4, -0.2) is 28.1 Å². The van der Waals surface area contributed by atoms with Crippen molar-refractivity contribution in [2.45, 2.75) is 38.5 Å². The van der Waals surface area contributed by atoms with E-state index in [-0.39, 0.29) is 18.4 Å². The highest BCUT2D eigenvalue weighted by Gasteiger charge is 2.21. The number of thioether (sulfide) groups is 1. The fraction of sp³-hybridized carbons (Fsp3) is 0.889. The molecular formula is C9H19NO2S. The molecule has 3 nitrogen and oxygen atoms in total. The van der Waals surface area contributed by atoms with Crippen LogP contribution in [0, 0.1) is 5.92 Å². The normalized spacial score (nSPS) is 17.8. The van der Waals surface area contributed by atoms with Crippen LogP contribution < -0.4 is 5.73 Å². The summed E-state index contributed by atoms with van der Waals surface area (Å²) in [6.07, 6.45) is 0.0653. The van der Waals surface area contributed by atoms with Crippen molar-refractivity contribution < 1.29 is 9.90 Å². The zero-order chi connectivity index (χ0) is 10.4. The molecule has 0 saturated carbocycles. The number of carbonyl (C=O) groups is 1. The number of aliphatic carboxylic acids is 1. The van der Waals surface area contributed by atoms with Gasteiger partial charge in [-0.3, -0.25) is 4.79 Å². The number of hydrogen-bond donors (Lipinski definition) is 2. The second-order valence-electron chi connectivity index (χ2n) is 3.28. The summed E-state index contributed by atoms with van der Waals surface area (Å²) in [5.41, 5.74) is 5.76. The quantitative estimate of drug-likeness (QED) is 0.691. The van der Waals surface area contributed by atoms with Crippen LogP contribution in [0.5, 0.6) is 0 Å². The molecule has 0 aliphatic heterocycles. The molecule has 0 aromatic heterocycles. The van der Waals surface area contributed by atoms with Gasteiger partial charge in [-0.25, -0.2) is 0 Å². The van der Waals surface area contributed by atoms with Crippen LogP contribution in [0.15, 0.2) is 0 Å². The predicted octanol–water partition coefficient (Wildman–Crippen LogP) is 1.57. The topological polar surface area (TPSA) is 63.3 Å². The van der Waals surface area contributed by atoms with Gasteiger partial charge in [0.15, 0.2) is 0 Å². The summed E-state index contributed by atoms with van der Waals surface area (Å²) >= 11 is 1.82. The third-order valence-corrected chi connectivity index (χ3v) is 3.54. The zero-order valence-corrected chi connectivity index (χ0v) is 9.30. The molecule has 13 heavy (non-hydrogen) atoms. The first-order chi connectivity index (χ1) is 5.99. The van der Waals surface area contributed by atoms with Crippen LogP contribution in [0.1, 0.15) is 27.2 Å². The lowest BCUT2D eigenvalue weighted by Crippen LogP contribution is -2.35. The number of nitrogens with two attached hydrogens (primary N) is 1. The second kappa shape index (κ2) is 6.27. The third kappa shape index (κ3) is 5.16. The molecule has 0 unspecified atom stereocenters. The molecule has 0 fully saturated rings. The van der Waals surface area contributed by atoms with Crippen LogP contribution in [0.2, 0.25) is 0 Å². The number of carboxylic acids is 1. The fourth-order valence-electron chi connectivity index (χ4n) is 1.15. The van der Waals surface area contributed by atoms with Gasteiger partial charge in [-0.2, -0.15) is 11.8 Å². The maximum absolute atomic E-state index is 10.4. The van der Waals surface area contributed by atoms with Crippen LogP contribution in [0.25, 0.3) is 0 Å².